The Kier molecular flexibility index (Phi) is 3.16. The number of amides is 1. The summed E-state index contributed by atoms with van der Waals surface area (Å²) >= 11 is 6.66. The largest absolute Gasteiger partial charge is 0.332 e. The first kappa shape index (κ1) is 12.2. The summed E-state index contributed by atoms with van der Waals surface area (Å²) < 4.78 is 0.166. The number of quaternary nitrogens is 1. The van der Waals surface area contributed by atoms with Crippen LogP contribution in [0, 0.1) is 5.92 Å². The number of fused-ring (bicyclic) bond motifs is 1. The zero-order valence-electron chi connectivity index (χ0n) is 10.5. The van der Waals surface area contributed by atoms with Crippen molar-refractivity contribution in [3.63, 3.8) is 0 Å². The van der Waals surface area contributed by atoms with Gasteiger partial charge in [-0.25, -0.2) is 4.79 Å². The van der Waals surface area contributed by atoms with Gasteiger partial charge >= 0.3 is 5.91 Å². The third-order valence-electron chi connectivity index (χ3n) is 4.56. The molecule has 96 valence electrons. The predicted molar refractivity (Wildman–Crippen MR) is 71.9 cm³/mol. The van der Waals surface area contributed by atoms with Crippen molar-refractivity contribution >= 4 is 17.7 Å². The van der Waals surface area contributed by atoms with E-state index in [4.69, 9.17) is 11.8 Å². The Morgan fingerprint density at radius 3 is 2.78 bits per heavy atom. The summed E-state index contributed by atoms with van der Waals surface area (Å²) in [7, 11) is 0. The predicted octanol–water partition coefficient (Wildman–Crippen LogP) is 3.30. The standard InChI is InChI=1S/C15H19ClNO/c16-17(10-9-12-5-2-1-3-6-12)14-8-4-7-13(14)11-15(17)18/h1-3,5-6,13-14H,4,7-11H2/q+1/t13?,14-,17-/m1/s1. The van der Waals surface area contributed by atoms with Crippen molar-refractivity contribution in [3.8, 4) is 0 Å². The molecule has 1 unspecified atom stereocenters. The molecule has 1 aliphatic heterocycles. The van der Waals surface area contributed by atoms with Crippen molar-refractivity contribution in [3.05, 3.63) is 35.9 Å². The average Bonchev–Trinajstić information content (AvgIpc) is 2.93. The lowest BCUT2D eigenvalue weighted by atomic mass is 10.0. The number of halogens is 1. The maximum atomic E-state index is 12.2. The molecule has 3 rings (SSSR count). The van der Waals surface area contributed by atoms with Gasteiger partial charge in [0.1, 0.15) is 12.6 Å². The molecule has 1 saturated carbocycles. The minimum atomic E-state index is 0.166. The molecule has 1 aromatic carbocycles. The van der Waals surface area contributed by atoms with Crippen LogP contribution in [0.3, 0.4) is 0 Å². The van der Waals surface area contributed by atoms with Crippen LogP contribution in [0.25, 0.3) is 0 Å². The Balaban J connectivity index is 1.72. The first-order valence-corrected chi connectivity index (χ1v) is 7.19. The molecule has 3 heteroatoms. The first-order valence-electron chi connectivity index (χ1n) is 6.85. The van der Waals surface area contributed by atoms with Gasteiger partial charge in [0.2, 0.25) is 0 Å². The minimum Gasteiger partial charge on any atom is -0.229 e. The van der Waals surface area contributed by atoms with E-state index in [1.54, 1.807) is 0 Å². The molecule has 0 N–H and O–H groups in total. The Morgan fingerprint density at radius 1 is 1.22 bits per heavy atom. The van der Waals surface area contributed by atoms with Crippen molar-refractivity contribution in [2.75, 3.05) is 6.54 Å². The smallest absolute Gasteiger partial charge is 0.229 e. The average molecular weight is 265 g/mol. The zero-order chi connectivity index (χ0) is 12.6. The van der Waals surface area contributed by atoms with Crippen molar-refractivity contribution in [2.24, 2.45) is 5.92 Å². The number of hydrogen-bond donors (Lipinski definition) is 0. The molecular weight excluding hydrogens is 246 g/mol. The second kappa shape index (κ2) is 4.67. The number of rotatable bonds is 3. The van der Waals surface area contributed by atoms with Gasteiger partial charge in [-0.05, 0) is 18.4 Å². The quantitative estimate of drug-likeness (QED) is 0.766. The second-order valence-corrected chi connectivity index (χ2v) is 6.19. The van der Waals surface area contributed by atoms with Crippen molar-refractivity contribution in [1.82, 2.24) is 0 Å². The molecule has 1 saturated heterocycles. The van der Waals surface area contributed by atoms with Crippen LogP contribution in [-0.4, -0.2) is 22.5 Å². The van der Waals surface area contributed by atoms with Gasteiger partial charge in [-0.1, -0.05) is 30.3 Å². The summed E-state index contributed by atoms with van der Waals surface area (Å²) in [6, 6.07) is 10.7. The van der Waals surface area contributed by atoms with Crippen LogP contribution in [-0.2, 0) is 11.2 Å². The molecule has 0 spiro atoms. The van der Waals surface area contributed by atoms with E-state index in [1.807, 2.05) is 18.2 Å². The number of nitrogens with zero attached hydrogens (tertiary/aromatic N) is 1. The Bertz CT molecular complexity index is 447. The first-order chi connectivity index (χ1) is 8.70. The lowest BCUT2D eigenvalue weighted by molar-refractivity contribution is -0.757. The van der Waals surface area contributed by atoms with E-state index in [-0.39, 0.29) is 9.91 Å². The highest BCUT2D eigenvalue weighted by atomic mass is 35.5. The lowest BCUT2D eigenvalue weighted by Crippen LogP contribution is -2.47. The monoisotopic (exact) mass is 264 g/mol. The van der Waals surface area contributed by atoms with Crippen LogP contribution in [0.4, 0.5) is 0 Å². The summed E-state index contributed by atoms with van der Waals surface area (Å²) in [6.07, 6.45) is 5.13. The van der Waals surface area contributed by atoms with Gasteiger partial charge in [0, 0.05) is 18.8 Å². The number of carbonyl (C=O) groups excluding carboxylic acids is 1. The molecular formula is C15H19ClNO+. The molecule has 3 atom stereocenters. The fourth-order valence-corrected chi connectivity index (χ4v) is 3.99. The highest BCUT2D eigenvalue weighted by Crippen LogP contribution is 2.45. The topological polar surface area (TPSA) is 17.1 Å². The Labute approximate surface area is 113 Å². The van der Waals surface area contributed by atoms with Crippen molar-refractivity contribution < 1.29 is 8.80 Å². The normalized spacial score (nSPS) is 34.8. The minimum absolute atomic E-state index is 0.166. The molecule has 2 nitrogen and oxygen atoms in total. The summed E-state index contributed by atoms with van der Waals surface area (Å²) in [5.41, 5.74) is 1.27. The van der Waals surface area contributed by atoms with E-state index in [9.17, 15) is 4.79 Å². The number of hydrogen-bond acceptors (Lipinski definition) is 1. The lowest BCUT2D eigenvalue weighted by Gasteiger charge is -2.28. The summed E-state index contributed by atoms with van der Waals surface area (Å²) in [5.74, 6) is 0.785. The second-order valence-electron chi connectivity index (χ2n) is 5.59. The molecule has 1 heterocycles. The van der Waals surface area contributed by atoms with Crippen molar-refractivity contribution in [1.29, 1.82) is 0 Å². The maximum Gasteiger partial charge on any atom is 0.332 e. The van der Waals surface area contributed by atoms with E-state index in [2.05, 4.69) is 12.1 Å². The number of likely N-dealkylation sites (tertiary alicyclic amines) is 1. The third kappa shape index (κ3) is 1.98. The van der Waals surface area contributed by atoms with Crippen LogP contribution >= 0.6 is 11.8 Å². The molecule has 0 radical (unpaired) electrons. The van der Waals surface area contributed by atoms with Crippen LogP contribution in [0.1, 0.15) is 31.2 Å². The van der Waals surface area contributed by atoms with Gasteiger partial charge < -0.3 is 0 Å². The molecule has 0 bridgehead atoms. The van der Waals surface area contributed by atoms with E-state index in [1.165, 1.54) is 18.4 Å². The molecule has 18 heavy (non-hydrogen) atoms. The summed E-state index contributed by atoms with van der Waals surface area (Å²) in [5, 5.41) is 0. The molecule has 1 aromatic rings. The van der Waals surface area contributed by atoms with Gasteiger partial charge in [-0.15, -0.1) is 0 Å². The Hall–Kier alpha value is -0.860. The third-order valence-corrected chi connectivity index (χ3v) is 5.17. The highest BCUT2D eigenvalue weighted by Gasteiger charge is 2.56. The van der Waals surface area contributed by atoms with Crippen LogP contribution in [0.15, 0.2) is 30.3 Å². The SMILES string of the molecule is O=C1CC2CCC[C@H]2[N@+]1(Cl)CCc1ccccc1. The van der Waals surface area contributed by atoms with E-state index in [0.29, 0.717) is 18.4 Å². The van der Waals surface area contributed by atoms with E-state index in [0.717, 1.165) is 19.4 Å². The number of benzene rings is 1. The van der Waals surface area contributed by atoms with Gasteiger partial charge in [0.15, 0.2) is 11.8 Å². The molecule has 2 fully saturated rings. The van der Waals surface area contributed by atoms with Gasteiger partial charge in [0.25, 0.3) is 0 Å². The number of carbonyl (C=O) groups is 1. The van der Waals surface area contributed by atoms with Crippen LogP contribution in [0.5, 0.6) is 0 Å². The van der Waals surface area contributed by atoms with Gasteiger partial charge in [0.05, 0.1) is 6.42 Å². The fourth-order valence-electron chi connectivity index (χ4n) is 3.58. The zero-order valence-corrected chi connectivity index (χ0v) is 11.3. The fraction of sp³-hybridized carbons (Fsp3) is 0.533. The van der Waals surface area contributed by atoms with Gasteiger partial charge in [-0.3, -0.25) is 0 Å². The van der Waals surface area contributed by atoms with Crippen LogP contribution in [0.2, 0.25) is 0 Å². The summed E-state index contributed by atoms with van der Waals surface area (Å²) in [4.78, 5) is 12.2. The molecule has 1 amide bonds. The molecule has 0 aromatic heterocycles. The van der Waals surface area contributed by atoms with Gasteiger partial charge in [-0.2, -0.15) is 4.00 Å². The Morgan fingerprint density at radius 2 is 2.00 bits per heavy atom. The van der Waals surface area contributed by atoms with E-state index < -0.39 is 0 Å². The van der Waals surface area contributed by atoms with Crippen molar-refractivity contribution in [2.45, 2.75) is 38.1 Å². The summed E-state index contributed by atoms with van der Waals surface area (Å²) in [6.45, 7) is 0.742. The van der Waals surface area contributed by atoms with Crippen LogP contribution < -0.4 is 0 Å². The maximum absolute atomic E-state index is 12.2. The van der Waals surface area contributed by atoms with E-state index >= 15 is 0 Å². The molecule has 1 aliphatic carbocycles. The molecule has 2 aliphatic rings. The highest BCUT2D eigenvalue weighted by molar-refractivity contribution is 6.12.